The maximum absolute atomic E-state index is 15.3. The number of para-hydroxylation sites is 2. The molecule has 2 N–H and O–H groups in total. The van der Waals surface area contributed by atoms with Crippen LogP contribution in [-0.2, 0) is 5.85 Å². The SMILES string of the molecule is O=C1c2ccccc2C(O)(n2c(Nc3ccc(Cl)nn3)nc3ccccc32)N1c1cccc(Cl)c1F. The number of halogens is 3. The number of nitrogens with one attached hydrogen (secondary N) is 1. The number of amides is 1. The Morgan fingerprint density at radius 1 is 0.917 bits per heavy atom. The van der Waals surface area contributed by atoms with Crippen LogP contribution in [0, 0.1) is 5.82 Å². The Morgan fingerprint density at radius 3 is 2.50 bits per heavy atom. The Labute approximate surface area is 213 Å². The van der Waals surface area contributed by atoms with Gasteiger partial charge < -0.3 is 10.4 Å². The zero-order valence-electron chi connectivity index (χ0n) is 18.2. The van der Waals surface area contributed by atoms with Gasteiger partial charge in [0.25, 0.3) is 11.8 Å². The number of carbonyl (C=O) groups is 1. The standard InChI is InChI=1S/C25H15Cl2FN6O2/c26-16-8-5-11-19(22(16)28)33-23(35)14-6-1-2-7-15(14)25(33,36)34-18-10-4-3-9-17(18)29-24(34)30-21-13-12-20(27)31-32-21/h1-13,36H,(H,29,30,32). The zero-order chi connectivity index (χ0) is 25.0. The van der Waals surface area contributed by atoms with Gasteiger partial charge in [-0.25, -0.2) is 9.37 Å². The summed E-state index contributed by atoms with van der Waals surface area (Å²) in [6.45, 7) is 0. The third-order valence-electron chi connectivity index (χ3n) is 5.95. The van der Waals surface area contributed by atoms with Gasteiger partial charge in [-0.15, -0.1) is 10.2 Å². The molecule has 36 heavy (non-hydrogen) atoms. The lowest BCUT2D eigenvalue weighted by atomic mass is 10.1. The average Bonchev–Trinajstić information content (AvgIpc) is 3.36. The van der Waals surface area contributed by atoms with E-state index >= 15 is 4.39 Å². The molecule has 0 saturated carbocycles. The molecule has 0 aliphatic carbocycles. The molecule has 2 aromatic heterocycles. The summed E-state index contributed by atoms with van der Waals surface area (Å²) in [6, 6.07) is 21.0. The highest BCUT2D eigenvalue weighted by atomic mass is 35.5. The monoisotopic (exact) mass is 520 g/mol. The van der Waals surface area contributed by atoms with Crippen LogP contribution in [0.4, 0.5) is 21.8 Å². The fourth-order valence-corrected chi connectivity index (χ4v) is 4.70. The van der Waals surface area contributed by atoms with Gasteiger partial charge in [0.2, 0.25) is 5.95 Å². The molecule has 1 atom stereocenters. The van der Waals surface area contributed by atoms with E-state index in [1.165, 1.54) is 22.8 Å². The average molecular weight is 521 g/mol. The van der Waals surface area contributed by atoms with Crippen LogP contribution in [0.5, 0.6) is 0 Å². The highest BCUT2D eigenvalue weighted by molar-refractivity contribution is 6.31. The van der Waals surface area contributed by atoms with Crippen LogP contribution in [-0.4, -0.2) is 30.8 Å². The van der Waals surface area contributed by atoms with Crippen LogP contribution in [0.1, 0.15) is 15.9 Å². The van der Waals surface area contributed by atoms with E-state index in [4.69, 9.17) is 23.2 Å². The number of aromatic nitrogens is 4. The number of anilines is 3. The van der Waals surface area contributed by atoms with E-state index in [0.717, 1.165) is 4.90 Å². The lowest BCUT2D eigenvalue weighted by molar-refractivity contribution is 0.0167. The van der Waals surface area contributed by atoms with Crippen molar-refractivity contribution in [3.8, 4) is 0 Å². The number of carbonyl (C=O) groups excluding carboxylic acids is 1. The van der Waals surface area contributed by atoms with Crippen molar-refractivity contribution < 1.29 is 14.3 Å². The van der Waals surface area contributed by atoms with Crippen molar-refractivity contribution in [2.24, 2.45) is 0 Å². The second kappa shape index (κ2) is 8.27. The number of rotatable bonds is 4. The molecule has 0 spiro atoms. The van der Waals surface area contributed by atoms with E-state index in [2.05, 4.69) is 20.5 Å². The molecule has 6 rings (SSSR count). The Balaban J connectivity index is 1.66. The molecule has 178 valence electrons. The molecule has 8 nitrogen and oxygen atoms in total. The fraction of sp³-hybridized carbons (Fsp3) is 0.0400. The van der Waals surface area contributed by atoms with Gasteiger partial charge in [0.15, 0.2) is 16.8 Å². The van der Waals surface area contributed by atoms with Gasteiger partial charge in [0.1, 0.15) is 0 Å². The molecule has 0 radical (unpaired) electrons. The molecular weight excluding hydrogens is 506 g/mol. The molecule has 5 aromatic rings. The van der Waals surface area contributed by atoms with E-state index < -0.39 is 17.6 Å². The number of hydrogen-bond donors (Lipinski definition) is 2. The number of fused-ring (bicyclic) bond motifs is 2. The summed E-state index contributed by atoms with van der Waals surface area (Å²) < 4.78 is 16.7. The summed E-state index contributed by atoms with van der Waals surface area (Å²) >= 11 is 11.9. The lowest BCUT2D eigenvalue weighted by Gasteiger charge is -2.36. The molecule has 1 amide bonds. The van der Waals surface area contributed by atoms with Crippen molar-refractivity contribution in [1.29, 1.82) is 0 Å². The van der Waals surface area contributed by atoms with Crippen LogP contribution < -0.4 is 10.2 Å². The third kappa shape index (κ3) is 3.25. The maximum atomic E-state index is 15.3. The van der Waals surface area contributed by atoms with Crippen molar-refractivity contribution in [3.63, 3.8) is 0 Å². The summed E-state index contributed by atoms with van der Waals surface area (Å²) in [5.41, 5.74) is 1.23. The van der Waals surface area contributed by atoms with E-state index in [0.29, 0.717) is 11.0 Å². The van der Waals surface area contributed by atoms with Crippen molar-refractivity contribution >= 4 is 57.6 Å². The zero-order valence-corrected chi connectivity index (χ0v) is 19.7. The first-order valence-corrected chi connectivity index (χ1v) is 11.5. The Morgan fingerprint density at radius 2 is 1.69 bits per heavy atom. The molecule has 0 saturated heterocycles. The molecule has 11 heteroatoms. The topological polar surface area (TPSA) is 96.2 Å². The summed E-state index contributed by atoms with van der Waals surface area (Å²) in [5, 5.41) is 23.4. The predicted molar refractivity (Wildman–Crippen MR) is 134 cm³/mol. The number of aliphatic hydroxyl groups is 1. The first kappa shape index (κ1) is 22.4. The molecular formula is C25H15Cl2FN6O2. The van der Waals surface area contributed by atoms with Gasteiger partial charge in [-0.2, -0.15) is 0 Å². The van der Waals surface area contributed by atoms with Gasteiger partial charge in [-0.3, -0.25) is 14.3 Å². The minimum atomic E-state index is -2.22. The van der Waals surface area contributed by atoms with Gasteiger partial charge in [0, 0.05) is 5.56 Å². The molecule has 1 unspecified atom stereocenters. The molecule has 3 heterocycles. The van der Waals surface area contributed by atoms with Crippen molar-refractivity contribution in [2.45, 2.75) is 5.85 Å². The highest BCUT2D eigenvalue weighted by Crippen LogP contribution is 2.46. The third-order valence-corrected chi connectivity index (χ3v) is 6.44. The Kier molecular flexibility index (Phi) is 5.15. The molecule has 0 fully saturated rings. The van der Waals surface area contributed by atoms with Crippen LogP contribution in [0.3, 0.4) is 0 Å². The normalized spacial score (nSPS) is 17.0. The number of benzene rings is 3. The van der Waals surface area contributed by atoms with Gasteiger partial charge in [-0.1, -0.05) is 59.6 Å². The smallest absolute Gasteiger partial charge is 0.262 e. The van der Waals surface area contributed by atoms with Gasteiger partial charge in [-0.05, 0) is 42.5 Å². The highest BCUT2D eigenvalue weighted by Gasteiger charge is 2.53. The largest absolute Gasteiger partial charge is 0.349 e. The van der Waals surface area contributed by atoms with E-state index in [-0.39, 0.29) is 38.8 Å². The van der Waals surface area contributed by atoms with Crippen molar-refractivity contribution in [2.75, 3.05) is 10.2 Å². The Bertz CT molecular complexity index is 1660. The van der Waals surface area contributed by atoms with E-state index in [1.54, 1.807) is 60.7 Å². The number of imidazole rings is 1. The second-order valence-corrected chi connectivity index (χ2v) is 8.81. The first-order chi connectivity index (χ1) is 17.4. The summed E-state index contributed by atoms with van der Waals surface area (Å²) in [4.78, 5) is 19.3. The lowest BCUT2D eigenvalue weighted by Crippen LogP contribution is -2.50. The van der Waals surface area contributed by atoms with Crippen LogP contribution in [0.15, 0.2) is 78.9 Å². The summed E-state index contributed by atoms with van der Waals surface area (Å²) in [7, 11) is 0. The van der Waals surface area contributed by atoms with Crippen molar-refractivity contribution in [1.82, 2.24) is 19.7 Å². The van der Waals surface area contributed by atoms with Gasteiger partial charge >= 0.3 is 0 Å². The maximum Gasteiger partial charge on any atom is 0.262 e. The molecule has 0 bridgehead atoms. The summed E-state index contributed by atoms with van der Waals surface area (Å²) in [6.07, 6.45) is 0. The summed E-state index contributed by atoms with van der Waals surface area (Å²) in [5.74, 6) is -3.26. The van der Waals surface area contributed by atoms with Gasteiger partial charge in [0.05, 0.1) is 27.3 Å². The quantitative estimate of drug-likeness (QED) is 0.332. The van der Waals surface area contributed by atoms with E-state index in [1.807, 2.05) is 0 Å². The number of nitrogens with zero attached hydrogens (tertiary/aromatic N) is 5. The fourth-order valence-electron chi connectivity index (χ4n) is 4.43. The minimum Gasteiger partial charge on any atom is -0.349 e. The van der Waals surface area contributed by atoms with Crippen molar-refractivity contribution in [3.05, 3.63) is 106 Å². The minimum absolute atomic E-state index is 0.132. The van der Waals surface area contributed by atoms with Crippen LogP contribution >= 0.6 is 23.2 Å². The number of hydrogen-bond acceptors (Lipinski definition) is 6. The molecule has 3 aromatic carbocycles. The van der Waals surface area contributed by atoms with Crippen LogP contribution in [0.25, 0.3) is 11.0 Å². The predicted octanol–water partition coefficient (Wildman–Crippen LogP) is 5.33. The van der Waals surface area contributed by atoms with E-state index in [9.17, 15) is 9.90 Å². The first-order valence-electron chi connectivity index (χ1n) is 10.7. The van der Waals surface area contributed by atoms with Crippen LogP contribution in [0.2, 0.25) is 10.2 Å². The molecule has 1 aliphatic rings. The Hall–Kier alpha value is -4.05. The second-order valence-electron chi connectivity index (χ2n) is 8.02. The molecule has 1 aliphatic heterocycles.